The van der Waals surface area contributed by atoms with Crippen LogP contribution in [0, 0.1) is 17.0 Å². The predicted octanol–water partition coefficient (Wildman–Crippen LogP) is 6.75. The van der Waals surface area contributed by atoms with Gasteiger partial charge in [-0.05, 0) is 47.0 Å². The Labute approximate surface area is 236 Å². The summed E-state index contributed by atoms with van der Waals surface area (Å²) in [6, 6.07) is 31.2. The first kappa shape index (κ1) is 25.6. The first-order chi connectivity index (χ1) is 19.9. The lowest BCUT2D eigenvalue weighted by Gasteiger charge is -2.55. The first-order valence-corrected chi connectivity index (χ1v) is 13.6. The number of nitrogens with zero attached hydrogens (tertiary/aromatic N) is 1. The van der Waals surface area contributed by atoms with Gasteiger partial charge in [0.2, 0.25) is 5.91 Å². The summed E-state index contributed by atoms with van der Waals surface area (Å²) in [5.74, 6) is -1.86. The van der Waals surface area contributed by atoms with Gasteiger partial charge in [0, 0.05) is 31.5 Å². The Kier molecular flexibility index (Phi) is 6.03. The lowest BCUT2D eigenvalue weighted by molar-refractivity contribution is -0.501. The molecule has 4 aromatic carbocycles. The van der Waals surface area contributed by atoms with Gasteiger partial charge in [-0.3, -0.25) is 4.79 Å². The summed E-state index contributed by atoms with van der Waals surface area (Å²) in [5, 5.41) is 0. The van der Waals surface area contributed by atoms with Crippen LogP contribution in [0.5, 0.6) is 0 Å². The van der Waals surface area contributed by atoms with Crippen molar-refractivity contribution >= 4 is 11.7 Å². The fraction of sp³-hybridized carbons (Fsp3) is 0.206. The zero-order valence-corrected chi connectivity index (χ0v) is 22.1. The van der Waals surface area contributed by atoms with Crippen molar-refractivity contribution < 1.29 is 28.1 Å². The molecule has 0 aliphatic carbocycles. The normalized spacial score (nSPS) is 24.7. The molecule has 7 heteroatoms. The van der Waals surface area contributed by atoms with E-state index in [-0.39, 0.29) is 12.3 Å². The molecule has 2 fully saturated rings. The van der Waals surface area contributed by atoms with Gasteiger partial charge >= 0.3 is 0 Å². The van der Waals surface area contributed by atoms with E-state index in [1.165, 1.54) is 24.3 Å². The lowest BCUT2D eigenvalue weighted by atomic mass is 9.64. The minimum Gasteiger partial charge on any atom is -0.458 e. The predicted molar refractivity (Wildman–Crippen MR) is 148 cm³/mol. The number of carbonyl (C=O) groups excluding carboxylic acids is 1. The van der Waals surface area contributed by atoms with Gasteiger partial charge < -0.3 is 9.64 Å². The second kappa shape index (κ2) is 9.65. The largest absolute Gasteiger partial charge is 0.458 e. The number of amides is 1. The molecule has 2 atom stereocenters. The van der Waals surface area contributed by atoms with Gasteiger partial charge in [-0.15, -0.1) is 0 Å². The zero-order chi connectivity index (χ0) is 28.1. The smallest absolute Gasteiger partial charge is 0.260 e. The monoisotopic (exact) mass is 551 g/mol. The molecule has 3 aliphatic rings. The number of hydrogen-bond acceptors (Lipinski definition) is 4. The number of likely N-dealkylation sites (tertiary alicyclic amines) is 1. The van der Waals surface area contributed by atoms with Gasteiger partial charge in [0.05, 0.1) is 0 Å². The van der Waals surface area contributed by atoms with Gasteiger partial charge in [0.1, 0.15) is 22.8 Å². The SMILES string of the molecule is O=C1N(Cc2ccccc2)CCC23OOC(c4ccc(F)cc4)(c4ccc(F)cc4)CC12C=C(c1ccccc1)O3. The summed E-state index contributed by atoms with van der Waals surface area (Å²) in [6.45, 7) is 0.821. The van der Waals surface area contributed by atoms with E-state index in [1.54, 1.807) is 24.3 Å². The summed E-state index contributed by atoms with van der Waals surface area (Å²) >= 11 is 0. The van der Waals surface area contributed by atoms with E-state index in [9.17, 15) is 13.6 Å². The number of ether oxygens (including phenoxy) is 1. The molecule has 7 rings (SSSR count). The molecule has 5 nitrogen and oxygen atoms in total. The number of halogens is 2. The molecule has 0 spiro atoms. The van der Waals surface area contributed by atoms with Gasteiger partial charge in [0.25, 0.3) is 5.79 Å². The summed E-state index contributed by atoms with van der Waals surface area (Å²) < 4.78 is 34.7. The molecule has 0 bridgehead atoms. The molecule has 0 aromatic heterocycles. The van der Waals surface area contributed by atoms with Crippen LogP contribution in [0.2, 0.25) is 0 Å². The summed E-state index contributed by atoms with van der Waals surface area (Å²) in [4.78, 5) is 29.2. The molecule has 0 radical (unpaired) electrons. The molecule has 0 saturated carbocycles. The lowest BCUT2D eigenvalue weighted by Crippen LogP contribution is -2.67. The molecular weight excluding hydrogens is 524 g/mol. The van der Waals surface area contributed by atoms with Crippen molar-refractivity contribution in [2.24, 2.45) is 5.41 Å². The van der Waals surface area contributed by atoms with Gasteiger partial charge in [-0.25, -0.2) is 13.7 Å². The van der Waals surface area contributed by atoms with Crippen LogP contribution >= 0.6 is 0 Å². The summed E-state index contributed by atoms with van der Waals surface area (Å²) in [5.41, 5.74) is 0.301. The van der Waals surface area contributed by atoms with E-state index in [0.717, 1.165) is 11.1 Å². The van der Waals surface area contributed by atoms with E-state index >= 15 is 0 Å². The molecule has 0 N–H and O–H groups in total. The Balaban J connectivity index is 1.40. The Morgan fingerprint density at radius 2 is 1.32 bits per heavy atom. The molecule has 206 valence electrons. The molecule has 3 aliphatic heterocycles. The van der Waals surface area contributed by atoms with Gasteiger partial charge in [0.15, 0.2) is 5.60 Å². The van der Waals surface area contributed by atoms with E-state index < -0.39 is 28.4 Å². The molecule has 1 amide bonds. The van der Waals surface area contributed by atoms with Gasteiger partial charge in [-0.1, -0.05) is 84.9 Å². The van der Waals surface area contributed by atoms with E-state index in [0.29, 0.717) is 36.4 Å². The van der Waals surface area contributed by atoms with Crippen molar-refractivity contribution in [1.29, 1.82) is 0 Å². The third-order valence-electron chi connectivity index (χ3n) is 8.45. The number of benzene rings is 4. The maximum Gasteiger partial charge on any atom is 0.260 e. The Morgan fingerprint density at radius 1 is 0.732 bits per heavy atom. The third kappa shape index (κ3) is 4.07. The van der Waals surface area contributed by atoms with Crippen molar-refractivity contribution in [3.63, 3.8) is 0 Å². The highest BCUT2D eigenvalue weighted by Gasteiger charge is 2.72. The van der Waals surface area contributed by atoms with Crippen LogP contribution in [0.1, 0.15) is 35.1 Å². The minimum absolute atomic E-state index is 0.0950. The van der Waals surface area contributed by atoms with E-state index in [4.69, 9.17) is 14.5 Å². The molecular formula is C34H27F2NO4. The van der Waals surface area contributed by atoms with Crippen LogP contribution in [0.15, 0.2) is 115 Å². The Hall–Kier alpha value is -4.33. The molecule has 2 unspecified atom stereocenters. The Bertz CT molecular complexity index is 1560. The number of piperidine rings is 1. The van der Waals surface area contributed by atoms with E-state index in [2.05, 4.69) is 0 Å². The highest BCUT2D eigenvalue weighted by molar-refractivity contribution is 5.91. The number of rotatable bonds is 5. The van der Waals surface area contributed by atoms with Crippen LogP contribution in [0.3, 0.4) is 0 Å². The fourth-order valence-electron chi connectivity index (χ4n) is 6.36. The standard InChI is InChI=1S/C34H27F2NO4/c35-28-15-11-26(12-16-28)33(27-13-17-29(36)18-14-27)23-32-21-30(25-9-5-2-6-10-25)39-34(32,41-40-33)19-20-37(31(32)38)22-24-7-3-1-4-8-24/h1-18,21H,19-20,22-23H2. The molecule has 2 saturated heterocycles. The van der Waals surface area contributed by atoms with Crippen molar-refractivity contribution in [2.45, 2.75) is 30.8 Å². The average Bonchev–Trinajstić information content (AvgIpc) is 3.37. The summed E-state index contributed by atoms with van der Waals surface area (Å²) in [7, 11) is 0. The van der Waals surface area contributed by atoms with Crippen molar-refractivity contribution in [3.8, 4) is 0 Å². The topological polar surface area (TPSA) is 48.0 Å². The van der Waals surface area contributed by atoms with Crippen molar-refractivity contribution in [3.05, 3.63) is 149 Å². The molecule has 4 aromatic rings. The van der Waals surface area contributed by atoms with Crippen molar-refractivity contribution in [1.82, 2.24) is 4.90 Å². The number of hydrogen-bond donors (Lipinski definition) is 0. The van der Waals surface area contributed by atoms with Crippen molar-refractivity contribution in [2.75, 3.05) is 6.54 Å². The van der Waals surface area contributed by atoms with Crippen LogP contribution in [0.4, 0.5) is 8.78 Å². The zero-order valence-electron chi connectivity index (χ0n) is 22.1. The van der Waals surface area contributed by atoms with Crippen LogP contribution in [-0.2, 0) is 31.5 Å². The van der Waals surface area contributed by atoms with Crippen LogP contribution in [-0.4, -0.2) is 23.1 Å². The van der Waals surface area contributed by atoms with Crippen LogP contribution in [0.25, 0.3) is 5.76 Å². The second-order valence-electron chi connectivity index (χ2n) is 10.8. The minimum atomic E-state index is -1.41. The summed E-state index contributed by atoms with van der Waals surface area (Å²) in [6.07, 6.45) is 2.32. The average molecular weight is 552 g/mol. The van der Waals surface area contributed by atoms with E-state index in [1.807, 2.05) is 71.6 Å². The first-order valence-electron chi connectivity index (χ1n) is 13.6. The molecule has 41 heavy (non-hydrogen) atoms. The van der Waals surface area contributed by atoms with Crippen LogP contribution < -0.4 is 0 Å². The maximum absolute atomic E-state index is 14.7. The van der Waals surface area contributed by atoms with Gasteiger partial charge in [-0.2, -0.15) is 4.89 Å². The Morgan fingerprint density at radius 3 is 1.93 bits per heavy atom. The third-order valence-corrected chi connectivity index (χ3v) is 8.45. The number of carbonyl (C=O) groups is 1. The quantitative estimate of drug-likeness (QED) is 0.258. The fourth-order valence-corrected chi connectivity index (χ4v) is 6.36. The molecule has 3 heterocycles. The highest BCUT2D eigenvalue weighted by Crippen LogP contribution is 2.63. The maximum atomic E-state index is 14.7. The second-order valence-corrected chi connectivity index (χ2v) is 10.8. The highest BCUT2D eigenvalue weighted by atomic mass is 19.1.